The number of urea groups is 1. The molecule has 12 heteroatoms. The van der Waals surface area contributed by atoms with Crippen molar-refractivity contribution in [1.82, 2.24) is 15.2 Å². The molecule has 3 atom stereocenters. The summed E-state index contributed by atoms with van der Waals surface area (Å²) in [6, 6.07) is -1.72. The van der Waals surface area contributed by atoms with Crippen LogP contribution in [0.1, 0.15) is 62.1 Å². The van der Waals surface area contributed by atoms with Gasteiger partial charge in [0.1, 0.15) is 11.6 Å². The van der Waals surface area contributed by atoms with Gasteiger partial charge in [0.15, 0.2) is 11.4 Å². The number of oxazole rings is 1. The van der Waals surface area contributed by atoms with E-state index in [1.807, 2.05) is 5.32 Å². The molecule has 2 aromatic rings. The molecule has 5 rings (SSSR count). The summed E-state index contributed by atoms with van der Waals surface area (Å²) in [5.74, 6) is -3.93. The van der Waals surface area contributed by atoms with Gasteiger partial charge in [0.25, 0.3) is 0 Å². The lowest BCUT2D eigenvalue weighted by molar-refractivity contribution is -0.150. The molecule has 0 spiro atoms. The molecule has 3 fully saturated rings. The van der Waals surface area contributed by atoms with E-state index in [9.17, 15) is 26.7 Å². The predicted molar refractivity (Wildman–Crippen MR) is 108 cm³/mol. The van der Waals surface area contributed by atoms with Crippen LogP contribution in [0, 0.1) is 17.7 Å². The lowest BCUT2D eigenvalue weighted by atomic mass is 9.82. The number of carbonyl (C=O) groups excluding carboxylic acids is 1. The largest absolute Gasteiger partial charge is 0.439 e. The lowest BCUT2D eigenvalue weighted by Crippen LogP contribution is -2.40. The van der Waals surface area contributed by atoms with Gasteiger partial charge < -0.3 is 20.4 Å². The second-order valence-electron chi connectivity index (χ2n) is 9.57. The van der Waals surface area contributed by atoms with E-state index in [-0.39, 0.29) is 60.1 Å². The Kier molecular flexibility index (Phi) is 5.49. The quantitative estimate of drug-likeness (QED) is 0.565. The molecule has 34 heavy (non-hydrogen) atoms. The highest BCUT2D eigenvalue weighted by Crippen LogP contribution is 2.48. The Bertz CT molecular complexity index is 1090. The number of nitrogens with one attached hydrogen (secondary N) is 1. The van der Waals surface area contributed by atoms with Gasteiger partial charge in [-0.3, -0.25) is 0 Å². The maximum absolute atomic E-state index is 15.6. The summed E-state index contributed by atoms with van der Waals surface area (Å²) in [5, 5.41) is 1.93. The third-order valence-electron chi connectivity index (χ3n) is 7.16. The number of amides is 2. The molecule has 3 aliphatic rings. The summed E-state index contributed by atoms with van der Waals surface area (Å²) in [5.41, 5.74) is 6.24. The molecule has 0 bridgehead atoms. The molecule has 6 nitrogen and oxygen atoms in total. The number of aromatic nitrogens is 1. The minimum atomic E-state index is -4.61. The van der Waals surface area contributed by atoms with E-state index >= 15 is 4.39 Å². The molecule has 1 aliphatic heterocycles. The summed E-state index contributed by atoms with van der Waals surface area (Å²) < 4.78 is 87.7. The van der Waals surface area contributed by atoms with Crippen LogP contribution in [0.5, 0.6) is 0 Å². The van der Waals surface area contributed by atoms with E-state index in [1.165, 1.54) is 12.1 Å². The zero-order chi connectivity index (χ0) is 24.4. The average molecular weight is 490 g/mol. The normalized spacial score (nSPS) is 25.6. The average Bonchev–Trinajstić information content (AvgIpc) is 3.36. The van der Waals surface area contributed by atoms with Gasteiger partial charge in [0, 0.05) is 18.4 Å². The Morgan fingerprint density at radius 2 is 1.82 bits per heavy atom. The van der Waals surface area contributed by atoms with E-state index in [1.54, 1.807) is 0 Å². The van der Waals surface area contributed by atoms with Crippen molar-refractivity contribution in [2.75, 3.05) is 6.54 Å². The van der Waals surface area contributed by atoms with Gasteiger partial charge in [-0.05, 0) is 43.6 Å². The Labute approximate surface area is 190 Å². The first kappa shape index (κ1) is 23.3. The highest BCUT2D eigenvalue weighted by molar-refractivity contribution is 5.79. The van der Waals surface area contributed by atoms with Crippen molar-refractivity contribution in [1.29, 1.82) is 0 Å². The van der Waals surface area contributed by atoms with E-state index in [0.29, 0.717) is 12.8 Å². The van der Waals surface area contributed by atoms with Gasteiger partial charge in [-0.1, -0.05) is 6.07 Å². The SMILES string of the molecule is N[C@H](c1nc2c(F)c(C(C3CC3)N3CC(C(F)(F)F)NC3=O)ccc2o1)C1CCC(F)(F)CC1. The van der Waals surface area contributed by atoms with Crippen LogP contribution < -0.4 is 11.1 Å². The summed E-state index contributed by atoms with van der Waals surface area (Å²) in [4.78, 5) is 17.6. The van der Waals surface area contributed by atoms with Crippen LogP contribution in [0.15, 0.2) is 16.5 Å². The van der Waals surface area contributed by atoms with Crippen molar-refractivity contribution in [3.8, 4) is 0 Å². The fraction of sp³-hybridized carbons (Fsp3) is 0.636. The smallest absolute Gasteiger partial charge is 0.410 e. The standard InChI is InChI=1S/C22H24F6N4O2/c23-15-12(18(11-1-2-11)32-9-14(22(26,27)28)30-20(32)33)3-4-13-17(15)31-19(34-13)16(29)10-5-7-21(24,25)8-6-10/h3-4,10-11,14,16,18H,1-2,5-9,29H2,(H,30,33)/t14?,16-,18?/m0/s1. The Morgan fingerprint density at radius 3 is 2.41 bits per heavy atom. The van der Waals surface area contributed by atoms with Crippen LogP contribution >= 0.6 is 0 Å². The van der Waals surface area contributed by atoms with E-state index in [2.05, 4.69) is 4.98 Å². The molecular formula is C22H24F6N4O2. The Morgan fingerprint density at radius 1 is 1.15 bits per heavy atom. The number of halogens is 6. The van der Waals surface area contributed by atoms with Crippen molar-refractivity contribution >= 4 is 17.1 Å². The van der Waals surface area contributed by atoms with Crippen LogP contribution in [-0.2, 0) is 0 Å². The van der Waals surface area contributed by atoms with Crippen molar-refractivity contribution in [3.05, 3.63) is 29.4 Å². The van der Waals surface area contributed by atoms with E-state index in [0.717, 1.165) is 4.90 Å². The van der Waals surface area contributed by atoms with Gasteiger partial charge in [-0.2, -0.15) is 13.2 Å². The number of nitrogens with two attached hydrogens (primary N) is 1. The maximum atomic E-state index is 15.6. The first-order chi connectivity index (χ1) is 15.9. The summed E-state index contributed by atoms with van der Waals surface area (Å²) in [6.07, 6.45) is -3.49. The number of alkyl halides is 5. The van der Waals surface area contributed by atoms with E-state index in [4.69, 9.17) is 10.2 Å². The second kappa shape index (κ2) is 8.03. The topological polar surface area (TPSA) is 84.4 Å². The van der Waals surface area contributed by atoms with Gasteiger partial charge >= 0.3 is 12.2 Å². The van der Waals surface area contributed by atoms with Crippen molar-refractivity contribution in [2.24, 2.45) is 17.6 Å². The molecule has 2 unspecified atom stereocenters. The summed E-state index contributed by atoms with van der Waals surface area (Å²) >= 11 is 0. The summed E-state index contributed by atoms with van der Waals surface area (Å²) in [6.45, 7) is -0.609. The molecule has 0 radical (unpaired) electrons. The number of hydrogen-bond donors (Lipinski definition) is 2. The maximum Gasteiger partial charge on any atom is 0.410 e. The van der Waals surface area contributed by atoms with Gasteiger partial charge in [-0.25, -0.2) is 22.9 Å². The minimum Gasteiger partial charge on any atom is -0.439 e. The van der Waals surface area contributed by atoms with Crippen molar-refractivity contribution < 1.29 is 35.6 Å². The monoisotopic (exact) mass is 490 g/mol. The molecule has 2 saturated carbocycles. The third kappa shape index (κ3) is 4.20. The van der Waals surface area contributed by atoms with E-state index < -0.39 is 48.6 Å². The number of carbonyl (C=O) groups is 1. The fourth-order valence-corrected chi connectivity index (χ4v) is 5.06. The lowest BCUT2D eigenvalue weighted by Gasteiger charge is -2.30. The number of hydrogen-bond acceptors (Lipinski definition) is 4. The zero-order valence-corrected chi connectivity index (χ0v) is 18.0. The second-order valence-corrected chi connectivity index (χ2v) is 9.57. The fourth-order valence-electron chi connectivity index (χ4n) is 5.06. The molecule has 2 heterocycles. The first-order valence-corrected chi connectivity index (χ1v) is 11.3. The zero-order valence-electron chi connectivity index (χ0n) is 18.0. The molecule has 186 valence electrons. The first-order valence-electron chi connectivity index (χ1n) is 11.3. The van der Waals surface area contributed by atoms with Gasteiger partial charge in [-0.15, -0.1) is 0 Å². The van der Waals surface area contributed by atoms with Crippen LogP contribution in [0.3, 0.4) is 0 Å². The van der Waals surface area contributed by atoms with Gasteiger partial charge in [0.2, 0.25) is 11.8 Å². The predicted octanol–water partition coefficient (Wildman–Crippen LogP) is 5.20. The molecule has 3 N–H and O–H groups in total. The van der Waals surface area contributed by atoms with Crippen LogP contribution in [0.25, 0.3) is 11.1 Å². The van der Waals surface area contributed by atoms with Crippen molar-refractivity contribution in [2.45, 2.75) is 68.7 Å². The summed E-state index contributed by atoms with van der Waals surface area (Å²) in [7, 11) is 0. The molecule has 1 aromatic heterocycles. The number of fused-ring (bicyclic) bond motifs is 1. The van der Waals surface area contributed by atoms with Gasteiger partial charge in [0.05, 0.1) is 18.6 Å². The molecule has 1 saturated heterocycles. The highest BCUT2D eigenvalue weighted by atomic mass is 19.4. The minimum absolute atomic E-state index is 0.0280. The van der Waals surface area contributed by atoms with Crippen LogP contribution in [0.2, 0.25) is 0 Å². The Balaban J connectivity index is 1.43. The number of nitrogens with zero attached hydrogens (tertiary/aromatic N) is 2. The van der Waals surface area contributed by atoms with Crippen LogP contribution in [0.4, 0.5) is 31.1 Å². The molecule has 2 amide bonds. The van der Waals surface area contributed by atoms with Crippen molar-refractivity contribution in [3.63, 3.8) is 0 Å². The number of rotatable bonds is 5. The highest BCUT2D eigenvalue weighted by Gasteiger charge is 2.51. The Hall–Kier alpha value is -2.50. The molecular weight excluding hydrogens is 466 g/mol. The molecule has 2 aliphatic carbocycles. The molecule has 1 aromatic carbocycles. The third-order valence-corrected chi connectivity index (χ3v) is 7.16. The number of benzene rings is 1. The van der Waals surface area contributed by atoms with Crippen LogP contribution in [-0.4, -0.2) is 40.6 Å².